The molecular formula is C17H23NO5S. The van der Waals surface area contributed by atoms with E-state index < -0.39 is 11.9 Å². The van der Waals surface area contributed by atoms with Gasteiger partial charge in [-0.2, -0.15) is 0 Å². The zero-order valence-corrected chi connectivity index (χ0v) is 15.1. The van der Waals surface area contributed by atoms with Gasteiger partial charge in [0.1, 0.15) is 5.00 Å². The highest BCUT2D eigenvalue weighted by molar-refractivity contribution is 7.16. The SMILES string of the molecule is CCOC(=O)c1c(NC(=O)COC(=O)C2CCC2)sc(C)c1CC. The first-order valence-electron chi connectivity index (χ1n) is 8.23. The number of nitrogens with one attached hydrogen (secondary N) is 1. The summed E-state index contributed by atoms with van der Waals surface area (Å²) in [5.74, 6) is -1.28. The maximum Gasteiger partial charge on any atom is 0.341 e. The summed E-state index contributed by atoms with van der Waals surface area (Å²) in [7, 11) is 0. The van der Waals surface area contributed by atoms with Crippen molar-refractivity contribution in [1.82, 2.24) is 0 Å². The number of hydrogen-bond donors (Lipinski definition) is 1. The number of thiophene rings is 1. The van der Waals surface area contributed by atoms with Crippen LogP contribution in [-0.4, -0.2) is 31.1 Å². The van der Waals surface area contributed by atoms with Crippen molar-refractivity contribution in [3.8, 4) is 0 Å². The summed E-state index contributed by atoms with van der Waals surface area (Å²) in [4.78, 5) is 36.9. The van der Waals surface area contributed by atoms with Gasteiger partial charge in [0.15, 0.2) is 6.61 Å². The molecule has 2 rings (SSSR count). The fourth-order valence-electron chi connectivity index (χ4n) is 2.57. The fraction of sp³-hybridized carbons (Fsp3) is 0.588. The van der Waals surface area contributed by atoms with Crippen LogP contribution < -0.4 is 5.32 Å². The smallest absolute Gasteiger partial charge is 0.341 e. The number of ether oxygens (including phenoxy) is 2. The fourth-order valence-corrected chi connectivity index (χ4v) is 3.72. The first kappa shape index (κ1) is 18.4. The largest absolute Gasteiger partial charge is 0.462 e. The van der Waals surface area contributed by atoms with Crippen LogP contribution >= 0.6 is 11.3 Å². The number of aryl methyl sites for hydroxylation is 1. The molecule has 0 saturated heterocycles. The van der Waals surface area contributed by atoms with Gasteiger partial charge in [0, 0.05) is 4.88 Å². The third-order valence-corrected chi connectivity index (χ3v) is 5.14. The first-order chi connectivity index (χ1) is 11.5. The quantitative estimate of drug-likeness (QED) is 0.762. The lowest BCUT2D eigenvalue weighted by molar-refractivity contribution is -0.154. The molecule has 132 valence electrons. The molecule has 0 aliphatic heterocycles. The third kappa shape index (κ3) is 4.14. The van der Waals surface area contributed by atoms with Crippen LogP contribution in [0.5, 0.6) is 0 Å². The highest BCUT2D eigenvalue weighted by Gasteiger charge is 2.28. The summed E-state index contributed by atoms with van der Waals surface area (Å²) in [6, 6.07) is 0. The molecule has 1 aliphatic carbocycles. The van der Waals surface area contributed by atoms with Gasteiger partial charge in [0.25, 0.3) is 5.91 Å². The lowest BCUT2D eigenvalue weighted by Gasteiger charge is -2.22. The zero-order chi connectivity index (χ0) is 17.7. The molecule has 0 spiro atoms. The number of hydrogen-bond acceptors (Lipinski definition) is 6. The van der Waals surface area contributed by atoms with Crippen LogP contribution in [0.3, 0.4) is 0 Å². The van der Waals surface area contributed by atoms with E-state index in [-0.39, 0.29) is 25.1 Å². The average molecular weight is 353 g/mol. The van der Waals surface area contributed by atoms with Crippen molar-refractivity contribution in [1.29, 1.82) is 0 Å². The standard InChI is InChI=1S/C17H23NO5S/c1-4-12-10(3)24-15(14(12)17(21)22-5-2)18-13(19)9-23-16(20)11-7-6-8-11/h11H,4-9H2,1-3H3,(H,18,19). The molecule has 1 aliphatic rings. The van der Waals surface area contributed by atoms with Gasteiger partial charge in [0.05, 0.1) is 18.1 Å². The molecule has 1 fully saturated rings. The van der Waals surface area contributed by atoms with E-state index in [4.69, 9.17) is 9.47 Å². The molecular weight excluding hydrogens is 330 g/mol. The van der Waals surface area contributed by atoms with Crippen LogP contribution in [0.15, 0.2) is 0 Å². The van der Waals surface area contributed by atoms with Crippen molar-refractivity contribution >= 4 is 34.2 Å². The van der Waals surface area contributed by atoms with E-state index in [2.05, 4.69) is 5.32 Å². The van der Waals surface area contributed by atoms with Crippen molar-refractivity contribution in [2.45, 2.75) is 46.5 Å². The Morgan fingerprint density at radius 3 is 2.46 bits per heavy atom. The minimum atomic E-state index is -0.447. The predicted octanol–water partition coefficient (Wildman–Crippen LogP) is 3.08. The van der Waals surface area contributed by atoms with E-state index in [1.807, 2.05) is 13.8 Å². The van der Waals surface area contributed by atoms with Gasteiger partial charge in [0.2, 0.25) is 0 Å². The van der Waals surface area contributed by atoms with Crippen LogP contribution in [0.2, 0.25) is 0 Å². The van der Waals surface area contributed by atoms with E-state index in [0.717, 1.165) is 29.7 Å². The lowest BCUT2D eigenvalue weighted by Crippen LogP contribution is -2.28. The lowest BCUT2D eigenvalue weighted by atomic mass is 9.86. The van der Waals surface area contributed by atoms with Crippen LogP contribution in [-0.2, 0) is 25.5 Å². The minimum absolute atomic E-state index is 0.0661. The van der Waals surface area contributed by atoms with Gasteiger partial charge in [-0.15, -0.1) is 11.3 Å². The molecule has 0 bridgehead atoms. The maximum atomic E-state index is 12.2. The Labute approximate surface area is 145 Å². The normalized spacial score (nSPS) is 14.0. The highest BCUT2D eigenvalue weighted by Crippen LogP contribution is 2.34. The molecule has 7 heteroatoms. The van der Waals surface area contributed by atoms with Gasteiger partial charge in [-0.1, -0.05) is 13.3 Å². The summed E-state index contributed by atoms with van der Waals surface area (Å²) in [6.07, 6.45) is 3.36. The Hall–Kier alpha value is -1.89. The van der Waals surface area contributed by atoms with Crippen molar-refractivity contribution in [2.24, 2.45) is 5.92 Å². The third-order valence-electron chi connectivity index (χ3n) is 4.08. The van der Waals surface area contributed by atoms with Crippen molar-refractivity contribution in [3.05, 3.63) is 16.0 Å². The van der Waals surface area contributed by atoms with Crippen LogP contribution in [0, 0.1) is 12.8 Å². The van der Waals surface area contributed by atoms with Crippen molar-refractivity contribution < 1.29 is 23.9 Å². The number of rotatable bonds is 7. The minimum Gasteiger partial charge on any atom is -0.462 e. The second-order valence-electron chi connectivity index (χ2n) is 5.70. The number of amides is 1. The maximum absolute atomic E-state index is 12.2. The molecule has 1 heterocycles. The molecule has 0 unspecified atom stereocenters. The van der Waals surface area contributed by atoms with Gasteiger partial charge >= 0.3 is 11.9 Å². The van der Waals surface area contributed by atoms with Crippen molar-refractivity contribution in [2.75, 3.05) is 18.5 Å². The number of esters is 2. The molecule has 1 amide bonds. The Bertz CT molecular complexity index is 633. The van der Waals surface area contributed by atoms with Crippen LogP contribution in [0.25, 0.3) is 0 Å². The van der Waals surface area contributed by atoms with E-state index in [1.54, 1.807) is 6.92 Å². The Morgan fingerprint density at radius 2 is 1.92 bits per heavy atom. The van der Waals surface area contributed by atoms with Gasteiger partial charge in [-0.3, -0.25) is 9.59 Å². The molecule has 1 aromatic heterocycles. The topological polar surface area (TPSA) is 81.7 Å². The predicted molar refractivity (Wildman–Crippen MR) is 91.3 cm³/mol. The van der Waals surface area contributed by atoms with E-state index >= 15 is 0 Å². The summed E-state index contributed by atoms with van der Waals surface area (Å²) < 4.78 is 10.1. The van der Waals surface area contributed by atoms with Crippen LogP contribution in [0.1, 0.15) is 53.9 Å². The molecule has 1 saturated carbocycles. The first-order valence-corrected chi connectivity index (χ1v) is 9.05. The summed E-state index contributed by atoms with van der Waals surface area (Å²) in [6.45, 7) is 5.52. The summed E-state index contributed by atoms with van der Waals surface area (Å²) in [5.41, 5.74) is 1.28. The average Bonchev–Trinajstić information content (AvgIpc) is 2.79. The van der Waals surface area contributed by atoms with Gasteiger partial charge in [-0.05, 0) is 38.7 Å². The monoisotopic (exact) mass is 353 g/mol. The molecule has 1 aromatic rings. The van der Waals surface area contributed by atoms with Crippen molar-refractivity contribution in [3.63, 3.8) is 0 Å². The van der Waals surface area contributed by atoms with E-state index in [1.165, 1.54) is 11.3 Å². The molecule has 0 aromatic carbocycles. The second-order valence-corrected chi connectivity index (χ2v) is 6.92. The Balaban J connectivity index is 2.03. The number of carbonyl (C=O) groups excluding carboxylic acids is 3. The number of anilines is 1. The Kier molecular flexibility index (Phi) is 6.36. The summed E-state index contributed by atoms with van der Waals surface area (Å²) >= 11 is 1.33. The Morgan fingerprint density at radius 1 is 1.21 bits per heavy atom. The molecule has 6 nitrogen and oxygen atoms in total. The summed E-state index contributed by atoms with van der Waals surface area (Å²) in [5, 5.41) is 3.13. The second kappa shape index (κ2) is 8.28. The van der Waals surface area contributed by atoms with E-state index in [0.29, 0.717) is 17.0 Å². The molecule has 1 N–H and O–H groups in total. The molecule has 0 atom stereocenters. The van der Waals surface area contributed by atoms with E-state index in [9.17, 15) is 14.4 Å². The molecule has 0 radical (unpaired) electrons. The zero-order valence-electron chi connectivity index (χ0n) is 14.3. The van der Waals surface area contributed by atoms with Gasteiger partial charge in [-0.25, -0.2) is 4.79 Å². The van der Waals surface area contributed by atoms with Crippen LogP contribution in [0.4, 0.5) is 5.00 Å². The highest BCUT2D eigenvalue weighted by atomic mass is 32.1. The molecule has 24 heavy (non-hydrogen) atoms. The van der Waals surface area contributed by atoms with Gasteiger partial charge < -0.3 is 14.8 Å². The number of carbonyl (C=O) groups is 3.